The van der Waals surface area contributed by atoms with Gasteiger partial charge >= 0.3 is 5.63 Å². The summed E-state index contributed by atoms with van der Waals surface area (Å²) in [6.45, 7) is 5.80. The van der Waals surface area contributed by atoms with Gasteiger partial charge in [-0.05, 0) is 37.5 Å². The van der Waals surface area contributed by atoms with Crippen LogP contribution in [0.4, 0.5) is 0 Å². The molecule has 0 saturated carbocycles. The lowest BCUT2D eigenvalue weighted by Gasteiger charge is -2.07. The number of aryl methyl sites for hydroxylation is 3. The average Bonchev–Trinajstić information content (AvgIpc) is 3.24. The molecule has 7 nitrogen and oxygen atoms in total. The van der Waals surface area contributed by atoms with Crippen molar-refractivity contribution in [1.82, 2.24) is 15.2 Å². The second-order valence-corrected chi connectivity index (χ2v) is 8.36. The number of phenols is 1. The Hall–Kier alpha value is -2.65. The highest BCUT2D eigenvalue weighted by atomic mass is 32.2. The minimum Gasteiger partial charge on any atom is -0.508 e. The largest absolute Gasteiger partial charge is 0.508 e. The molecular weight excluding hydrogens is 398 g/mol. The fraction of sp³-hybridized carbons (Fsp3) is 0.263. The summed E-state index contributed by atoms with van der Waals surface area (Å²) in [7, 11) is 0. The number of aromatic hydroxyl groups is 1. The van der Waals surface area contributed by atoms with E-state index in [1.807, 2.05) is 26.8 Å². The summed E-state index contributed by atoms with van der Waals surface area (Å²) < 4.78 is 11.0. The van der Waals surface area contributed by atoms with E-state index in [2.05, 4.69) is 15.2 Å². The van der Waals surface area contributed by atoms with Gasteiger partial charge in [0, 0.05) is 23.3 Å². The van der Waals surface area contributed by atoms with Gasteiger partial charge in [-0.3, -0.25) is 0 Å². The number of thiazole rings is 1. The van der Waals surface area contributed by atoms with E-state index >= 15 is 0 Å². The highest BCUT2D eigenvalue weighted by molar-refractivity contribution is 7.98. The molecular formula is C19H17N3O4S2. The number of aromatic nitrogens is 3. The van der Waals surface area contributed by atoms with Crippen LogP contribution in [0.1, 0.15) is 28.8 Å². The van der Waals surface area contributed by atoms with Crippen molar-refractivity contribution in [2.45, 2.75) is 38.2 Å². The molecule has 3 heterocycles. The lowest BCUT2D eigenvalue weighted by molar-refractivity contribution is 0.465. The summed E-state index contributed by atoms with van der Waals surface area (Å²) in [4.78, 5) is 17.1. The van der Waals surface area contributed by atoms with Gasteiger partial charge < -0.3 is 13.9 Å². The topological polar surface area (TPSA) is 102 Å². The third-order valence-corrected chi connectivity index (χ3v) is 6.19. The Morgan fingerprint density at radius 1 is 1.14 bits per heavy atom. The van der Waals surface area contributed by atoms with Crippen molar-refractivity contribution in [3.63, 3.8) is 0 Å². The van der Waals surface area contributed by atoms with Crippen LogP contribution in [0, 0.1) is 13.8 Å². The smallest absolute Gasteiger partial charge is 0.336 e. The van der Waals surface area contributed by atoms with Gasteiger partial charge in [-0.2, -0.15) is 0 Å². The Kier molecular flexibility index (Phi) is 4.94. The van der Waals surface area contributed by atoms with Crippen molar-refractivity contribution >= 4 is 34.1 Å². The number of fused-ring (bicyclic) bond motifs is 1. The minimum absolute atomic E-state index is 0.125. The van der Waals surface area contributed by atoms with Gasteiger partial charge in [0.25, 0.3) is 11.1 Å². The second-order valence-electron chi connectivity index (χ2n) is 6.23. The first-order chi connectivity index (χ1) is 13.4. The lowest BCUT2D eigenvalue weighted by atomic mass is 10.1. The summed E-state index contributed by atoms with van der Waals surface area (Å²) in [6, 6.07) is 4.80. The summed E-state index contributed by atoms with van der Waals surface area (Å²) in [5, 5.41) is 20.4. The Morgan fingerprint density at radius 3 is 2.68 bits per heavy atom. The number of rotatable bonds is 5. The first-order valence-electron chi connectivity index (χ1n) is 8.64. The molecule has 0 aliphatic carbocycles. The Bertz CT molecular complexity index is 1230. The Balaban J connectivity index is 1.62. The number of phenolic OH excluding ortho intramolecular Hbond substituents is 1. The number of benzene rings is 1. The van der Waals surface area contributed by atoms with Gasteiger partial charge in [0.2, 0.25) is 0 Å². The summed E-state index contributed by atoms with van der Waals surface area (Å²) >= 11 is 2.85. The maximum atomic E-state index is 11.9. The minimum atomic E-state index is -0.464. The molecule has 0 unspecified atom stereocenters. The van der Waals surface area contributed by atoms with Gasteiger partial charge in [-0.25, -0.2) is 9.78 Å². The van der Waals surface area contributed by atoms with Crippen molar-refractivity contribution in [3.8, 4) is 16.5 Å². The Morgan fingerprint density at radius 2 is 1.96 bits per heavy atom. The first-order valence-corrected chi connectivity index (χ1v) is 10.4. The second kappa shape index (κ2) is 7.40. The molecule has 0 saturated heterocycles. The van der Waals surface area contributed by atoms with Crippen molar-refractivity contribution in [2.24, 2.45) is 0 Å². The summed E-state index contributed by atoms with van der Waals surface area (Å²) in [5.74, 6) is 1.03. The maximum absolute atomic E-state index is 11.9. The van der Waals surface area contributed by atoms with E-state index in [9.17, 15) is 9.90 Å². The number of nitrogens with zero attached hydrogens (tertiary/aromatic N) is 3. The van der Waals surface area contributed by atoms with E-state index in [0.717, 1.165) is 32.1 Å². The van der Waals surface area contributed by atoms with E-state index in [0.29, 0.717) is 28.9 Å². The van der Waals surface area contributed by atoms with Crippen LogP contribution in [-0.4, -0.2) is 20.3 Å². The molecule has 0 spiro atoms. The molecule has 9 heteroatoms. The summed E-state index contributed by atoms with van der Waals surface area (Å²) in [6.07, 6.45) is 0.675. The maximum Gasteiger partial charge on any atom is 0.336 e. The monoisotopic (exact) mass is 415 g/mol. The van der Waals surface area contributed by atoms with E-state index < -0.39 is 5.63 Å². The Labute approximate surface area is 168 Å². The normalized spacial score (nSPS) is 11.4. The zero-order valence-electron chi connectivity index (χ0n) is 15.5. The molecule has 0 bridgehead atoms. The fourth-order valence-corrected chi connectivity index (χ4v) is 4.53. The predicted octanol–water partition coefficient (Wildman–Crippen LogP) is 4.48. The van der Waals surface area contributed by atoms with Gasteiger partial charge in [-0.15, -0.1) is 21.5 Å². The van der Waals surface area contributed by atoms with Crippen LogP contribution < -0.4 is 5.63 Å². The van der Waals surface area contributed by atoms with Crippen molar-refractivity contribution in [2.75, 3.05) is 0 Å². The van der Waals surface area contributed by atoms with Crippen LogP contribution in [0.3, 0.4) is 0 Å². The van der Waals surface area contributed by atoms with Crippen molar-refractivity contribution < 1.29 is 13.9 Å². The molecule has 4 aromatic rings. The lowest BCUT2D eigenvalue weighted by Crippen LogP contribution is -2.00. The third-order valence-electron chi connectivity index (χ3n) is 4.27. The van der Waals surface area contributed by atoms with E-state index in [4.69, 9.17) is 8.83 Å². The molecule has 4 rings (SSSR count). The van der Waals surface area contributed by atoms with Gasteiger partial charge in [0.05, 0.1) is 10.7 Å². The van der Waals surface area contributed by atoms with Gasteiger partial charge in [-0.1, -0.05) is 18.7 Å². The highest BCUT2D eigenvalue weighted by Gasteiger charge is 2.16. The zero-order chi connectivity index (χ0) is 19.8. The molecule has 0 atom stereocenters. The number of thioether (sulfide) groups is 1. The van der Waals surface area contributed by atoms with E-state index in [-0.39, 0.29) is 5.75 Å². The zero-order valence-corrected chi connectivity index (χ0v) is 17.1. The molecule has 144 valence electrons. The molecule has 0 fully saturated rings. The molecule has 0 amide bonds. The van der Waals surface area contributed by atoms with Crippen LogP contribution in [0.5, 0.6) is 5.75 Å². The highest BCUT2D eigenvalue weighted by Crippen LogP contribution is 2.33. The van der Waals surface area contributed by atoms with E-state index in [1.165, 1.54) is 35.2 Å². The molecule has 3 aromatic heterocycles. The predicted molar refractivity (Wildman–Crippen MR) is 108 cm³/mol. The molecule has 0 radical (unpaired) electrons. The molecule has 1 N–H and O–H groups in total. The van der Waals surface area contributed by atoms with Crippen LogP contribution in [0.25, 0.3) is 21.7 Å². The third kappa shape index (κ3) is 3.55. The molecule has 1 aromatic carbocycles. The standard InChI is InChI=1S/C19H17N3O4S2/c1-4-11-5-13-12(6-16(24)25-15(13)7-14(11)23)8-27-19-22-21-18(26-19)17-9(2)20-10(3)28-17/h5-7,23H,4,8H2,1-3H3. The number of hydrogen-bond donors (Lipinski definition) is 1. The quantitative estimate of drug-likeness (QED) is 0.376. The van der Waals surface area contributed by atoms with Crippen molar-refractivity contribution in [3.05, 3.63) is 50.4 Å². The van der Waals surface area contributed by atoms with Crippen LogP contribution >= 0.6 is 23.1 Å². The van der Waals surface area contributed by atoms with Gasteiger partial charge in [0.1, 0.15) is 16.2 Å². The van der Waals surface area contributed by atoms with E-state index in [1.54, 1.807) is 0 Å². The first kappa shape index (κ1) is 18.7. The van der Waals surface area contributed by atoms with Gasteiger partial charge in [0.15, 0.2) is 0 Å². The number of hydrogen-bond acceptors (Lipinski definition) is 9. The summed E-state index contributed by atoms with van der Waals surface area (Å²) in [5.41, 5.74) is 2.34. The molecule has 0 aliphatic heterocycles. The average molecular weight is 415 g/mol. The SMILES string of the molecule is CCc1cc2c(CSc3nnc(-c4sc(C)nc4C)o3)cc(=O)oc2cc1O. The van der Waals surface area contributed by atoms with Crippen LogP contribution in [-0.2, 0) is 12.2 Å². The fourth-order valence-electron chi connectivity index (χ4n) is 2.94. The van der Waals surface area contributed by atoms with Crippen LogP contribution in [0.15, 0.2) is 37.1 Å². The van der Waals surface area contributed by atoms with Crippen LogP contribution in [0.2, 0.25) is 0 Å². The molecule has 0 aliphatic rings. The molecule has 28 heavy (non-hydrogen) atoms. The van der Waals surface area contributed by atoms with Crippen molar-refractivity contribution in [1.29, 1.82) is 0 Å².